The van der Waals surface area contributed by atoms with Gasteiger partial charge >= 0.3 is 0 Å². The van der Waals surface area contributed by atoms with Crippen molar-refractivity contribution >= 4 is 27.1 Å². The molecule has 0 saturated carbocycles. The molecule has 0 unspecified atom stereocenters. The number of aromatic nitrogens is 2. The third-order valence-corrected chi connectivity index (χ3v) is 4.88. The van der Waals surface area contributed by atoms with Crippen LogP contribution in [0.3, 0.4) is 0 Å². The van der Waals surface area contributed by atoms with Crippen molar-refractivity contribution in [3.8, 4) is 0 Å². The van der Waals surface area contributed by atoms with Gasteiger partial charge in [-0.15, -0.1) is 11.3 Å². The number of nitrogens with one attached hydrogen (secondary N) is 1. The van der Waals surface area contributed by atoms with Crippen LogP contribution in [0, 0.1) is 5.92 Å². The summed E-state index contributed by atoms with van der Waals surface area (Å²) < 4.78 is 28.1. The molecule has 2 aromatic rings. The number of carbonyl (C=O) groups is 1. The number of Topliss-reactive ketones (excluding diaryl/α,β-unsaturated/α-hetero) is 1. The Morgan fingerprint density at radius 3 is 2.86 bits per heavy atom. The highest BCUT2D eigenvalue weighted by molar-refractivity contribution is 7.89. The molecule has 0 aliphatic carbocycles. The maximum absolute atomic E-state index is 12.1. The minimum atomic E-state index is -3.76. The van der Waals surface area contributed by atoms with Crippen molar-refractivity contribution in [2.24, 2.45) is 5.92 Å². The second-order valence-corrected chi connectivity index (χ2v) is 7.69. The molecule has 0 bridgehead atoms. The van der Waals surface area contributed by atoms with Gasteiger partial charge in [-0.25, -0.2) is 18.1 Å². The molecule has 0 aliphatic heterocycles. The van der Waals surface area contributed by atoms with E-state index in [1.165, 1.54) is 23.9 Å². The lowest BCUT2D eigenvalue weighted by atomic mass is 10.2. The molecule has 2 heterocycles. The van der Waals surface area contributed by atoms with Crippen LogP contribution in [-0.4, -0.2) is 30.3 Å². The number of ketones is 1. The molecule has 0 saturated heterocycles. The highest BCUT2D eigenvalue weighted by Crippen LogP contribution is 2.10. The molecule has 0 aliphatic rings. The lowest BCUT2D eigenvalue weighted by molar-refractivity contribution is 0.100. The van der Waals surface area contributed by atoms with Gasteiger partial charge in [0.25, 0.3) is 10.0 Å². The lowest BCUT2D eigenvalue weighted by Crippen LogP contribution is -2.29. The van der Waals surface area contributed by atoms with E-state index in [9.17, 15) is 13.2 Å². The molecule has 0 spiro atoms. The second kappa shape index (κ2) is 6.50. The van der Waals surface area contributed by atoms with Gasteiger partial charge in [0.1, 0.15) is 0 Å². The third kappa shape index (κ3) is 4.23. The summed E-state index contributed by atoms with van der Waals surface area (Å²) >= 11 is 1.28. The summed E-state index contributed by atoms with van der Waals surface area (Å²) in [7, 11) is -3.76. The molecule has 0 radical (unpaired) electrons. The largest absolute Gasteiger partial charge is 0.336 e. The van der Waals surface area contributed by atoms with E-state index in [1.54, 1.807) is 22.1 Å². The molecule has 0 aromatic carbocycles. The van der Waals surface area contributed by atoms with Gasteiger partial charge < -0.3 is 4.57 Å². The Bertz CT molecular complexity index is 703. The summed E-state index contributed by atoms with van der Waals surface area (Å²) in [6.07, 6.45) is 2.95. The molecular weight excluding hydrogens is 310 g/mol. The first-order valence-electron chi connectivity index (χ1n) is 6.46. The number of sulfonamides is 1. The normalized spacial score (nSPS) is 12.0. The van der Waals surface area contributed by atoms with E-state index in [-0.39, 0.29) is 17.4 Å². The molecule has 8 heteroatoms. The molecule has 2 rings (SSSR count). The van der Waals surface area contributed by atoms with Crippen LogP contribution in [0.15, 0.2) is 35.1 Å². The van der Waals surface area contributed by atoms with Gasteiger partial charge in [0, 0.05) is 12.7 Å². The summed E-state index contributed by atoms with van der Waals surface area (Å²) in [5.41, 5.74) is 0. The number of rotatable bonds is 7. The molecule has 0 atom stereocenters. The first kappa shape index (κ1) is 15.9. The molecule has 6 nitrogen and oxygen atoms in total. The van der Waals surface area contributed by atoms with Gasteiger partial charge in [-0.05, 0) is 17.4 Å². The molecular formula is C13H17N3O3S2. The van der Waals surface area contributed by atoms with Crippen molar-refractivity contribution in [1.29, 1.82) is 0 Å². The van der Waals surface area contributed by atoms with Crippen LogP contribution in [0.5, 0.6) is 0 Å². The van der Waals surface area contributed by atoms with Gasteiger partial charge in [0.2, 0.25) is 0 Å². The van der Waals surface area contributed by atoms with Gasteiger partial charge in [0.05, 0.1) is 17.7 Å². The highest BCUT2D eigenvalue weighted by atomic mass is 32.2. The van der Waals surface area contributed by atoms with Gasteiger partial charge in [-0.3, -0.25) is 4.79 Å². The Morgan fingerprint density at radius 2 is 2.24 bits per heavy atom. The number of thiophene rings is 1. The van der Waals surface area contributed by atoms with Crippen molar-refractivity contribution in [3.63, 3.8) is 0 Å². The molecule has 2 aromatic heterocycles. The van der Waals surface area contributed by atoms with Gasteiger partial charge in [0.15, 0.2) is 10.8 Å². The van der Waals surface area contributed by atoms with Crippen LogP contribution in [0.25, 0.3) is 0 Å². The number of hydrogen-bond donors (Lipinski definition) is 1. The van der Waals surface area contributed by atoms with Gasteiger partial charge in [-0.1, -0.05) is 19.9 Å². The van der Waals surface area contributed by atoms with Crippen LogP contribution in [0.1, 0.15) is 23.5 Å². The predicted octanol–water partition coefficient (Wildman–Crippen LogP) is 1.76. The SMILES string of the molecule is CC(C)Cn1cnc(S(=O)(=O)NCC(=O)c2cccs2)c1. The van der Waals surface area contributed by atoms with Crippen molar-refractivity contribution in [2.45, 2.75) is 25.4 Å². The van der Waals surface area contributed by atoms with Crippen molar-refractivity contribution in [1.82, 2.24) is 14.3 Å². The van der Waals surface area contributed by atoms with Crippen LogP contribution >= 0.6 is 11.3 Å². The predicted molar refractivity (Wildman–Crippen MR) is 80.9 cm³/mol. The molecule has 114 valence electrons. The van der Waals surface area contributed by atoms with Crippen LogP contribution < -0.4 is 4.72 Å². The molecule has 1 N–H and O–H groups in total. The minimum absolute atomic E-state index is 0.0675. The zero-order valence-electron chi connectivity index (χ0n) is 11.8. The number of hydrogen-bond acceptors (Lipinski definition) is 5. The van der Waals surface area contributed by atoms with E-state index >= 15 is 0 Å². The van der Waals surface area contributed by atoms with Crippen molar-refractivity contribution < 1.29 is 13.2 Å². The van der Waals surface area contributed by atoms with Gasteiger partial charge in [-0.2, -0.15) is 0 Å². The molecule has 0 fully saturated rings. The molecule has 21 heavy (non-hydrogen) atoms. The first-order valence-corrected chi connectivity index (χ1v) is 8.83. The standard InChI is InChI=1S/C13H17N3O3S2/c1-10(2)7-16-8-13(14-9-16)21(18,19)15-6-11(17)12-4-3-5-20-12/h3-5,8-10,15H,6-7H2,1-2H3. The summed E-state index contributed by atoms with van der Waals surface area (Å²) in [5, 5.41) is 1.71. The number of nitrogens with zero attached hydrogens (tertiary/aromatic N) is 2. The van der Waals surface area contributed by atoms with Crippen molar-refractivity contribution in [3.05, 3.63) is 34.9 Å². The smallest absolute Gasteiger partial charge is 0.259 e. The minimum Gasteiger partial charge on any atom is -0.336 e. The Kier molecular flexibility index (Phi) is 4.92. The quantitative estimate of drug-likeness (QED) is 0.786. The zero-order valence-corrected chi connectivity index (χ0v) is 13.4. The fourth-order valence-electron chi connectivity index (χ4n) is 1.76. The summed E-state index contributed by atoms with van der Waals surface area (Å²) in [5.74, 6) is 0.137. The maximum Gasteiger partial charge on any atom is 0.259 e. The average molecular weight is 327 g/mol. The Hall–Kier alpha value is -1.51. The topological polar surface area (TPSA) is 81.1 Å². The second-order valence-electron chi connectivity index (χ2n) is 5.03. The number of imidazole rings is 1. The molecule has 0 amide bonds. The lowest BCUT2D eigenvalue weighted by Gasteiger charge is -2.04. The van der Waals surface area contributed by atoms with E-state index in [0.717, 1.165) is 0 Å². The summed E-state index contributed by atoms with van der Waals surface area (Å²) in [6.45, 7) is 4.49. The third-order valence-electron chi connectivity index (χ3n) is 2.68. The maximum atomic E-state index is 12.1. The Labute approximate surface area is 127 Å². The van der Waals surface area contributed by atoms with E-state index in [4.69, 9.17) is 0 Å². The fraction of sp³-hybridized carbons (Fsp3) is 0.385. The van der Waals surface area contributed by atoms with Crippen LogP contribution in [0.4, 0.5) is 0 Å². The Morgan fingerprint density at radius 1 is 1.48 bits per heavy atom. The van der Waals surface area contributed by atoms with Crippen LogP contribution in [0.2, 0.25) is 0 Å². The van der Waals surface area contributed by atoms with E-state index in [0.29, 0.717) is 17.3 Å². The van der Waals surface area contributed by atoms with Crippen molar-refractivity contribution in [2.75, 3.05) is 6.54 Å². The van der Waals surface area contributed by atoms with Crippen LogP contribution in [-0.2, 0) is 16.6 Å². The number of carbonyl (C=O) groups excluding carboxylic acids is 1. The first-order chi connectivity index (χ1) is 9.88. The summed E-state index contributed by atoms with van der Waals surface area (Å²) in [6, 6.07) is 3.42. The fourth-order valence-corrected chi connectivity index (χ4v) is 3.35. The average Bonchev–Trinajstić information content (AvgIpc) is 3.06. The van der Waals surface area contributed by atoms with E-state index in [2.05, 4.69) is 9.71 Å². The van der Waals surface area contributed by atoms with E-state index < -0.39 is 10.0 Å². The monoisotopic (exact) mass is 327 g/mol. The highest BCUT2D eigenvalue weighted by Gasteiger charge is 2.19. The summed E-state index contributed by atoms with van der Waals surface area (Å²) in [4.78, 5) is 16.2. The Balaban J connectivity index is 2.01. The van der Waals surface area contributed by atoms with E-state index in [1.807, 2.05) is 13.8 Å². The zero-order chi connectivity index (χ0) is 15.5.